The summed E-state index contributed by atoms with van der Waals surface area (Å²) in [7, 11) is -0.755. The third kappa shape index (κ3) is 1.82. The number of hydrogen-bond donors (Lipinski definition) is 0. The molecule has 0 aromatic rings. The van der Waals surface area contributed by atoms with E-state index in [1.165, 1.54) is 19.3 Å². The van der Waals surface area contributed by atoms with Crippen molar-refractivity contribution in [3.63, 3.8) is 0 Å². The van der Waals surface area contributed by atoms with Gasteiger partial charge in [0, 0.05) is 8.07 Å². The minimum Gasteiger partial charge on any atom is -0.328 e. The Kier molecular flexibility index (Phi) is 1.99. The van der Waals surface area contributed by atoms with E-state index in [9.17, 15) is 0 Å². The Morgan fingerprint density at radius 1 is 1.33 bits per heavy atom. The average molecular weight is 141 g/mol. The second kappa shape index (κ2) is 2.45. The molecule has 1 unspecified atom stereocenters. The lowest BCUT2D eigenvalue weighted by Crippen LogP contribution is -2.25. The van der Waals surface area contributed by atoms with Gasteiger partial charge >= 0.3 is 0 Å². The molecule has 1 heteroatoms. The lowest BCUT2D eigenvalue weighted by Gasteiger charge is -2.26. The minimum absolute atomic E-state index is 0.755. The largest absolute Gasteiger partial charge is 0.328 e. The van der Waals surface area contributed by atoms with Crippen LogP contribution in [0.2, 0.25) is 25.2 Å². The monoisotopic (exact) mass is 141 g/mol. The van der Waals surface area contributed by atoms with Crippen molar-refractivity contribution >= 4 is 8.07 Å². The maximum absolute atomic E-state index is 2.48. The van der Waals surface area contributed by atoms with E-state index in [0.717, 1.165) is 5.54 Å². The lowest BCUT2D eigenvalue weighted by atomic mass is 10.4. The van der Waals surface area contributed by atoms with Crippen molar-refractivity contribution in [2.45, 2.75) is 44.4 Å². The normalized spacial score (nSPS) is 29.0. The summed E-state index contributed by atoms with van der Waals surface area (Å²) in [6.45, 7) is 7.45. The van der Waals surface area contributed by atoms with Gasteiger partial charge in [0.25, 0.3) is 0 Å². The molecule has 1 fully saturated rings. The van der Waals surface area contributed by atoms with E-state index in [4.69, 9.17) is 0 Å². The van der Waals surface area contributed by atoms with Crippen LogP contribution in [0.4, 0.5) is 0 Å². The zero-order valence-electron chi connectivity index (χ0n) is 6.78. The van der Waals surface area contributed by atoms with Crippen molar-refractivity contribution in [2.75, 3.05) is 0 Å². The van der Waals surface area contributed by atoms with Crippen molar-refractivity contribution in [1.29, 1.82) is 0 Å². The van der Waals surface area contributed by atoms with E-state index in [2.05, 4.69) is 26.1 Å². The van der Waals surface area contributed by atoms with Gasteiger partial charge in [-0.1, -0.05) is 31.6 Å². The maximum atomic E-state index is 2.48. The van der Waals surface area contributed by atoms with Crippen molar-refractivity contribution < 1.29 is 0 Å². The topological polar surface area (TPSA) is 0 Å². The molecule has 1 atom stereocenters. The fraction of sp³-hybridized carbons (Fsp3) is 0.875. The van der Waals surface area contributed by atoms with E-state index >= 15 is 0 Å². The molecule has 1 aliphatic rings. The van der Waals surface area contributed by atoms with Crippen molar-refractivity contribution in [2.24, 2.45) is 0 Å². The van der Waals surface area contributed by atoms with Crippen molar-refractivity contribution in [3.05, 3.63) is 6.42 Å². The van der Waals surface area contributed by atoms with Gasteiger partial charge in [0.15, 0.2) is 0 Å². The summed E-state index contributed by atoms with van der Waals surface area (Å²) in [5.74, 6) is 0. The summed E-state index contributed by atoms with van der Waals surface area (Å²) in [4.78, 5) is 0. The first kappa shape index (κ1) is 7.33. The first-order valence-corrected chi connectivity index (χ1v) is 7.50. The van der Waals surface area contributed by atoms with E-state index in [0.29, 0.717) is 0 Å². The quantitative estimate of drug-likeness (QED) is 0.389. The van der Waals surface area contributed by atoms with Gasteiger partial charge in [0.05, 0.1) is 0 Å². The molecule has 0 spiro atoms. The number of rotatable bonds is 1. The molecule has 1 saturated carbocycles. The summed E-state index contributed by atoms with van der Waals surface area (Å²) < 4.78 is 0. The molecule has 1 rings (SSSR count). The number of hydrogen-bond acceptors (Lipinski definition) is 0. The molecule has 54 valence electrons. The highest BCUT2D eigenvalue weighted by molar-refractivity contribution is 6.77. The fourth-order valence-electron chi connectivity index (χ4n) is 1.54. The van der Waals surface area contributed by atoms with Crippen LogP contribution in [0.5, 0.6) is 0 Å². The Hall–Kier alpha value is 0.217. The van der Waals surface area contributed by atoms with Gasteiger partial charge in [-0.25, -0.2) is 0 Å². The summed E-state index contributed by atoms with van der Waals surface area (Å²) in [5.41, 5.74) is 1.09. The van der Waals surface area contributed by atoms with Crippen LogP contribution in [-0.2, 0) is 0 Å². The molecule has 0 aliphatic heterocycles. The molecular weight excluding hydrogens is 124 g/mol. The van der Waals surface area contributed by atoms with Gasteiger partial charge in [-0.15, -0.1) is 0 Å². The second-order valence-corrected chi connectivity index (χ2v) is 9.71. The van der Waals surface area contributed by atoms with E-state index in [1.807, 2.05) is 0 Å². The molecule has 0 aromatic heterocycles. The molecule has 0 bridgehead atoms. The first-order chi connectivity index (χ1) is 4.11. The highest BCUT2D eigenvalue weighted by Gasteiger charge is 2.24. The summed E-state index contributed by atoms with van der Waals surface area (Å²) in [5, 5.41) is 0. The first-order valence-electron chi connectivity index (χ1n) is 3.92. The Morgan fingerprint density at radius 3 is 2.22 bits per heavy atom. The molecule has 0 N–H and O–H groups in total. The van der Waals surface area contributed by atoms with Crippen LogP contribution in [0.1, 0.15) is 19.3 Å². The van der Waals surface area contributed by atoms with Gasteiger partial charge in [-0.2, -0.15) is 12.8 Å². The highest BCUT2D eigenvalue weighted by atomic mass is 28.3. The standard InChI is InChI=1S/C8H17Si/c1-9(2,3)8-6-4-5-7-8/h4,8H,5-7H2,1-3H3/q-1. The van der Waals surface area contributed by atoms with Gasteiger partial charge in [0.1, 0.15) is 0 Å². The van der Waals surface area contributed by atoms with E-state index in [-0.39, 0.29) is 0 Å². The predicted molar refractivity (Wildman–Crippen MR) is 45.2 cm³/mol. The fourth-order valence-corrected chi connectivity index (χ4v) is 3.45. The Balaban J connectivity index is 2.42. The third-order valence-corrected chi connectivity index (χ3v) is 5.37. The molecule has 0 aromatic carbocycles. The lowest BCUT2D eigenvalue weighted by molar-refractivity contribution is 0.843. The summed E-state index contributed by atoms with van der Waals surface area (Å²) in [6, 6.07) is 0. The van der Waals surface area contributed by atoms with Crippen LogP contribution in [0.15, 0.2) is 0 Å². The third-order valence-electron chi connectivity index (χ3n) is 2.40. The van der Waals surface area contributed by atoms with Crippen LogP contribution in [0.3, 0.4) is 0 Å². The average Bonchev–Trinajstić information content (AvgIpc) is 2.08. The molecule has 0 saturated heterocycles. The molecule has 0 heterocycles. The van der Waals surface area contributed by atoms with Gasteiger partial charge in [-0.05, 0) is 0 Å². The minimum atomic E-state index is -0.755. The van der Waals surface area contributed by atoms with Crippen molar-refractivity contribution in [1.82, 2.24) is 0 Å². The van der Waals surface area contributed by atoms with Crippen LogP contribution in [0, 0.1) is 6.42 Å². The summed E-state index contributed by atoms with van der Waals surface area (Å²) >= 11 is 0. The van der Waals surface area contributed by atoms with Gasteiger partial charge in [-0.3, -0.25) is 0 Å². The molecule has 0 radical (unpaired) electrons. The smallest absolute Gasteiger partial charge is 0.0447 e. The summed E-state index contributed by atoms with van der Waals surface area (Å²) in [6.07, 6.45) is 6.74. The van der Waals surface area contributed by atoms with E-state index < -0.39 is 8.07 Å². The van der Waals surface area contributed by atoms with Gasteiger partial charge < -0.3 is 6.42 Å². The maximum Gasteiger partial charge on any atom is 0.0447 e. The van der Waals surface area contributed by atoms with Gasteiger partial charge in [0.2, 0.25) is 0 Å². The second-order valence-electron chi connectivity index (χ2n) is 4.16. The Labute approximate surface area is 59.7 Å². The Morgan fingerprint density at radius 2 is 2.00 bits per heavy atom. The molecule has 0 amide bonds. The molecule has 0 nitrogen and oxygen atoms in total. The van der Waals surface area contributed by atoms with Crippen molar-refractivity contribution in [3.8, 4) is 0 Å². The van der Waals surface area contributed by atoms with Crippen LogP contribution < -0.4 is 0 Å². The van der Waals surface area contributed by atoms with E-state index in [1.54, 1.807) is 0 Å². The zero-order chi connectivity index (χ0) is 6.91. The highest BCUT2D eigenvalue weighted by Crippen LogP contribution is 2.37. The van der Waals surface area contributed by atoms with Crippen LogP contribution >= 0.6 is 0 Å². The molecular formula is C8H17Si-. The SMILES string of the molecule is C[Si](C)(C)C1C[CH-]CC1. The zero-order valence-corrected chi connectivity index (χ0v) is 7.78. The molecule has 9 heavy (non-hydrogen) atoms. The predicted octanol–water partition coefficient (Wildman–Crippen LogP) is 3.08. The Bertz CT molecular complexity index is 85.2. The molecule has 1 aliphatic carbocycles. The van der Waals surface area contributed by atoms with Crippen LogP contribution in [-0.4, -0.2) is 8.07 Å². The van der Waals surface area contributed by atoms with Crippen LogP contribution in [0.25, 0.3) is 0 Å².